The molecule has 11 heteroatoms. The van der Waals surface area contributed by atoms with Gasteiger partial charge in [-0.1, -0.05) is 41.4 Å². The highest BCUT2D eigenvalue weighted by Crippen LogP contribution is 2.31. The molecule has 0 aliphatic carbocycles. The van der Waals surface area contributed by atoms with Crippen molar-refractivity contribution >= 4 is 40.8 Å². The molecule has 0 fully saturated rings. The monoisotopic (exact) mass is 449 g/mol. The quantitative estimate of drug-likeness (QED) is 0.351. The number of benzene rings is 2. The minimum atomic E-state index is -5.29. The highest BCUT2D eigenvalue weighted by Gasteiger charge is 2.63. The number of rotatable bonds is 6. The van der Waals surface area contributed by atoms with Gasteiger partial charge in [-0.2, -0.15) is 18.6 Å². The Balaban J connectivity index is 2.44. The zero-order valence-corrected chi connectivity index (χ0v) is 16.7. The van der Waals surface area contributed by atoms with E-state index in [0.29, 0.717) is 5.56 Å². The van der Waals surface area contributed by atoms with Crippen molar-refractivity contribution in [2.24, 2.45) is 0 Å². The smallest absolute Gasteiger partial charge is 0.438 e. The number of hydrogen-bond donors (Lipinski definition) is 3. The lowest BCUT2D eigenvalue weighted by Crippen LogP contribution is -2.73. The van der Waals surface area contributed by atoms with Crippen LogP contribution in [0.3, 0.4) is 0 Å². The lowest BCUT2D eigenvalue weighted by atomic mass is 10.1. The first-order valence-corrected chi connectivity index (χ1v) is 8.79. The van der Waals surface area contributed by atoms with Gasteiger partial charge in [0.25, 0.3) is 5.91 Å². The van der Waals surface area contributed by atoms with Crippen LogP contribution >= 0.6 is 23.2 Å². The molecule has 3 N–H and O–H groups in total. The third kappa shape index (κ3) is 4.92. The Kier molecular flexibility index (Phi) is 6.99. The maximum absolute atomic E-state index is 14.0. The van der Waals surface area contributed by atoms with Crippen molar-refractivity contribution in [3.05, 3.63) is 63.6 Å². The van der Waals surface area contributed by atoms with Gasteiger partial charge in [-0.3, -0.25) is 4.79 Å². The normalized spacial score (nSPS) is 13.3. The van der Waals surface area contributed by atoms with Crippen molar-refractivity contribution in [2.45, 2.75) is 18.8 Å². The number of methoxy groups -OCH3 is 1. The van der Waals surface area contributed by atoms with Crippen LogP contribution in [-0.4, -0.2) is 30.8 Å². The van der Waals surface area contributed by atoms with Gasteiger partial charge in [-0.15, -0.1) is 0 Å². The van der Waals surface area contributed by atoms with E-state index < -0.39 is 23.7 Å². The van der Waals surface area contributed by atoms with Crippen LogP contribution in [0.15, 0.2) is 42.5 Å². The van der Waals surface area contributed by atoms with Gasteiger partial charge in [0.05, 0.1) is 23.4 Å². The van der Waals surface area contributed by atoms with Crippen LogP contribution < -0.4 is 16.2 Å². The number of nitrogens with one attached hydrogen (secondary N) is 3. The van der Waals surface area contributed by atoms with Gasteiger partial charge in [-0.25, -0.2) is 4.79 Å². The Morgan fingerprint density at radius 1 is 1.07 bits per heavy atom. The molecule has 0 aliphatic rings. The summed E-state index contributed by atoms with van der Waals surface area (Å²) in [7, 11) is 0.764. The zero-order chi connectivity index (χ0) is 21.8. The molecule has 2 rings (SSSR count). The summed E-state index contributed by atoms with van der Waals surface area (Å²) in [5, 5.41) is 1.64. The number of carbonyl (C=O) groups excluding carboxylic acids is 2. The predicted molar refractivity (Wildman–Crippen MR) is 103 cm³/mol. The number of hydrogen-bond acceptors (Lipinski definition) is 5. The average molecular weight is 450 g/mol. The third-order valence-electron chi connectivity index (χ3n) is 3.92. The minimum absolute atomic E-state index is 0.181. The number of para-hydroxylation sites is 1. The summed E-state index contributed by atoms with van der Waals surface area (Å²) in [4.78, 5) is 24.7. The SMILES string of the molecule is COC(=O)C(NNc1ccccc1C)(NC(=O)c1ccc(Cl)cc1Cl)C(F)(F)F. The fraction of sp³-hybridized carbons (Fsp3) is 0.222. The van der Waals surface area contributed by atoms with Gasteiger partial charge in [0.2, 0.25) is 0 Å². The summed E-state index contributed by atoms with van der Waals surface area (Å²) in [5.41, 5.74) is 1.10. The maximum atomic E-state index is 14.0. The summed E-state index contributed by atoms with van der Waals surface area (Å²) in [6, 6.07) is 9.98. The molecule has 156 valence electrons. The molecule has 0 radical (unpaired) electrons. The standard InChI is InChI=1S/C18H16Cl2F3N3O3/c1-10-5-3-4-6-14(10)25-26-17(16(28)29-2,18(21,22)23)24-15(27)12-8-7-11(19)9-13(12)20/h3-9,25-26H,1-2H3,(H,24,27). The van der Waals surface area contributed by atoms with Crippen LogP contribution in [0.25, 0.3) is 0 Å². The Bertz CT molecular complexity index is 925. The molecule has 0 aromatic heterocycles. The van der Waals surface area contributed by atoms with Gasteiger partial charge in [0.1, 0.15) is 0 Å². The van der Waals surface area contributed by atoms with E-state index in [-0.39, 0.29) is 21.3 Å². The number of hydrazine groups is 1. The van der Waals surface area contributed by atoms with Crippen LogP contribution in [0.1, 0.15) is 15.9 Å². The second-order valence-corrected chi connectivity index (χ2v) is 6.73. The van der Waals surface area contributed by atoms with Crippen molar-refractivity contribution in [2.75, 3.05) is 12.5 Å². The molecule has 29 heavy (non-hydrogen) atoms. The fourth-order valence-corrected chi connectivity index (χ4v) is 2.82. The molecule has 0 spiro atoms. The van der Waals surface area contributed by atoms with Crippen LogP contribution in [0.5, 0.6) is 0 Å². The molecular weight excluding hydrogens is 434 g/mol. The topological polar surface area (TPSA) is 79.5 Å². The third-order valence-corrected chi connectivity index (χ3v) is 4.47. The van der Waals surface area contributed by atoms with E-state index >= 15 is 0 Å². The first-order chi connectivity index (χ1) is 13.5. The molecule has 2 aromatic rings. The van der Waals surface area contributed by atoms with Crippen LogP contribution in [0.2, 0.25) is 10.0 Å². The first kappa shape index (κ1) is 22.8. The van der Waals surface area contributed by atoms with Crippen molar-refractivity contribution in [3.8, 4) is 0 Å². The number of anilines is 1. The van der Waals surface area contributed by atoms with E-state index in [4.69, 9.17) is 23.2 Å². The summed E-state index contributed by atoms with van der Waals surface area (Å²) in [6.07, 6.45) is -5.29. The van der Waals surface area contributed by atoms with E-state index in [0.717, 1.165) is 13.2 Å². The van der Waals surface area contributed by atoms with Gasteiger partial charge < -0.3 is 15.5 Å². The molecule has 6 nitrogen and oxygen atoms in total. The highest BCUT2D eigenvalue weighted by molar-refractivity contribution is 6.36. The second kappa shape index (κ2) is 8.89. The van der Waals surface area contributed by atoms with Crippen LogP contribution in [0.4, 0.5) is 18.9 Å². The number of carbonyl (C=O) groups is 2. The molecule has 2 aromatic carbocycles. The number of aryl methyl sites for hydroxylation is 1. The maximum Gasteiger partial charge on any atom is 0.438 e. The predicted octanol–water partition coefficient (Wildman–Crippen LogP) is 4.08. The van der Waals surface area contributed by atoms with Crippen LogP contribution in [-0.2, 0) is 9.53 Å². The lowest BCUT2D eigenvalue weighted by Gasteiger charge is -2.34. The summed E-state index contributed by atoms with van der Waals surface area (Å²) < 4.78 is 46.3. The average Bonchev–Trinajstić information content (AvgIpc) is 2.64. The number of halogens is 5. The Morgan fingerprint density at radius 3 is 2.28 bits per heavy atom. The summed E-state index contributed by atoms with van der Waals surface area (Å²) >= 11 is 11.6. The summed E-state index contributed by atoms with van der Waals surface area (Å²) in [5.74, 6) is -3.06. The molecule has 0 saturated heterocycles. The van der Waals surface area contributed by atoms with Gasteiger partial charge >= 0.3 is 17.8 Å². The van der Waals surface area contributed by atoms with Crippen LogP contribution in [0, 0.1) is 6.92 Å². The second-order valence-electron chi connectivity index (χ2n) is 5.88. The van der Waals surface area contributed by atoms with Crippen molar-refractivity contribution in [1.82, 2.24) is 10.7 Å². The Labute approximate surface area is 174 Å². The van der Waals surface area contributed by atoms with E-state index in [1.165, 1.54) is 18.2 Å². The Morgan fingerprint density at radius 2 is 1.72 bits per heavy atom. The molecule has 1 unspecified atom stereocenters. The van der Waals surface area contributed by atoms with Crippen molar-refractivity contribution in [3.63, 3.8) is 0 Å². The van der Waals surface area contributed by atoms with Crippen molar-refractivity contribution < 1.29 is 27.5 Å². The molecule has 0 aliphatic heterocycles. The van der Waals surface area contributed by atoms with Gasteiger partial charge in [0, 0.05) is 5.02 Å². The number of ether oxygens (including phenoxy) is 1. The van der Waals surface area contributed by atoms with E-state index in [2.05, 4.69) is 10.2 Å². The van der Waals surface area contributed by atoms with Crippen molar-refractivity contribution in [1.29, 1.82) is 0 Å². The molecule has 0 bridgehead atoms. The summed E-state index contributed by atoms with van der Waals surface area (Å²) in [6.45, 7) is 1.64. The van der Waals surface area contributed by atoms with E-state index in [1.54, 1.807) is 30.4 Å². The fourth-order valence-electron chi connectivity index (χ4n) is 2.33. The van der Waals surface area contributed by atoms with E-state index in [9.17, 15) is 22.8 Å². The Hall–Kier alpha value is -2.49. The van der Waals surface area contributed by atoms with Gasteiger partial charge in [-0.05, 0) is 36.8 Å². The number of esters is 1. The molecule has 1 amide bonds. The highest BCUT2D eigenvalue weighted by atomic mass is 35.5. The van der Waals surface area contributed by atoms with E-state index in [1.807, 2.05) is 5.43 Å². The molecule has 1 atom stereocenters. The first-order valence-electron chi connectivity index (χ1n) is 8.03. The zero-order valence-electron chi connectivity index (χ0n) is 15.2. The molecule has 0 heterocycles. The lowest BCUT2D eigenvalue weighted by molar-refractivity contribution is -0.215. The number of alkyl halides is 3. The number of amides is 1. The van der Waals surface area contributed by atoms with Gasteiger partial charge in [0.15, 0.2) is 0 Å². The minimum Gasteiger partial charge on any atom is -0.466 e. The molecular formula is C18H16Cl2F3N3O3. The largest absolute Gasteiger partial charge is 0.466 e. The molecule has 0 saturated carbocycles.